The monoisotopic (exact) mass is 973 g/mol. The number of ether oxygens (including phenoxy) is 1. The molecular formula is C6H12ORfUW2. The molecule has 0 amide bonds. The predicted molar refractivity (Wildman–Crippen MR) is 33.0 cm³/mol. The maximum atomic E-state index is 4.25. The SMILES string of the molecule is [CH-]=C.[CH2-]CO[CH2-].[CH3-].[Rf].[U+2].[W+2].[W]. The van der Waals surface area contributed by atoms with Gasteiger partial charge in [0, 0.05) is 21.1 Å². The summed E-state index contributed by atoms with van der Waals surface area (Å²) in [5, 5.41) is 0. The molecule has 5 heteroatoms. The van der Waals surface area contributed by atoms with Crippen LogP contribution in [0, 0.1) is 59.2 Å². The van der Waals surface area contributed by atoms with Gasteiger partial charge in [-0.25, -0.2) is 7.11 Å². The smallest absolute Gasteiger partial charge is 0.581 e. The Morgan fingerprint density at radius 1 is 1.36 bits per heavy atom. The van der Waals surface area contributed by atoms with E-state index in [0.29, 0.717) is 6.61 Å². The average molecular weight is 973 g/mol. The van der Waals surface area contributed by atoms with Crippen molar-refractivity contribution in [2.75, 3.05) is 6.61 Å². The van der Waals surface area contributed by atoms with Gasteiger partial charge >= 0.3 is 52.2 Å². The molecule has 0 aromatic heterocycles. The van der Waals surface area contributed by atoms with Gasteiger partial charge in [0.1, 0.15) is 0 Å². The van der Waals surface area contributed by atoms with Crippen LogP contribution in [-0.4, -0.2) is 6.61 Å². The Morgan fingerprint density at radius 3 is 1.45 bits per heavy atom. The van der Waals surface area contributed by atoms with Gasteiger partial charge in [-0.3, -0.25) is 6.58 Å². The minimum Gasteiger partial charge on any atom is -0.581 e. The van der Waals surface area contributed by atoms with E-state index in [-0.39, 0.29) is 80.7 Å². The van der Waals surface area contributed by atoms with Gasteiger partial charge < -0.3 is 25.7 Å². The molecule has 0 aromatic carbocycles. The maximum absolute atomic E-state index is 4.25. The van der Waals surface area contributed by atoms with Gasteiger partial charge in [-0.2, -0.15) is 0 Å². The van der Waals surface area contributed by atoms with Gasteiger partial charge in [-0.1, -0.05) is 0 Å². The fourth-order valence-electron chi connectivity index (χ4n) is 0. The minimum absolute atomic E-state index is 0. The van der Waals surface area contributed by atoms with E-state index < -0.39 is 0 Å². The Bertz CT molecular complexity index is 28.1. The topological polar surface area (TPSA) is 9.23 Å². The molecule has 0 aliphatic rings. The molecular weight excluding hydrogens is 961 g/mol. The fraction of sp³-hybridized carbons (Fsp3) is 0.167. The van der Waals surface area contributed by atoms with E-state index in [1.807, 2.05) is 0 Å². The van der Waals surface area contributed by atoms with Crippen molar-refractivity contribution in [3.63, 3.8) is 0 Å². The van der Waals surface area contributed by atoms with Crippen LogP contribution in [0.25, 0.3) is 0 Å². The third-order valence-corrected chi connectivity index (χ3v) is 0.144. The van der Waals surface area contributed by atoms with Crippen molar-refractivity contribution < 1.29 is 78.0 Å². The van der Waals surface area contributed by atoms with E-state index in [0.717, 1.165) is 0 Å². The van der Waals surface area contributed by atoms with Gasteiger partial charge in [0.25, 0.3) is 0 Å². The number of hydrogen-bond acceptors (Lipinski definition) is 1. The van der Waals surface area contributed by atoms with Crippen molar-refractivity contribution in [1.82, 2.24) is 0 Å². The molecule has 0 unspecified atom stereocenters. The van der Waals surface area contributed by atoms with Crippen molar-refractivity contribution in [3.05, 3.63) is 34.6 Å². The van der Waals surface area contributed by atoms with Crippen LogP contribution < -0.4 is 0 Å². The van der Waals surface area contributed by atoms with Crippen LogP contribution in [0.3, 0.4) is 0 Å². The Labute approximate surface area is 118 Å². The van der Waals surface area contributed by atoms with Crippen LogP contribution in [0.2, 0.25) is 0 Å². The summed E-state index contributed by atoms with van der Waals surface area (Å²) in [5.41, 5.74) is 0. The summed E-state index contributed by atoms with van der Waals surface area (Å²) in [7, 11) is 3.04. The van der Waals surface area contributed by atoms with Crippen molar-refractivity contribution in [2.24, 2.45) is 0 Å². The van der Waals surface area contributed by atoms with Gasteiger partial charge in [0.15, 0.2) is 0 Å². The van der Waals surface area contributed by atoms with E-state index in [1.165, 1.54) is 0 Å². The number of rotatable bonds is 1. The molecule has 0 rings (SSSR count). The molecule has 0 atom stereocenters. The molecule has 0 N–H and O–H groups in total. The molecule has 0 heterocycles. The van der Waals surface area contributed by atoms with E-state index >= 15 is 0 Å². The van der Waals surface area contributed by atoms with Crippen molar-refractivity contribution in [3.8, 4) is 0 Å². The molecule has 0 aliphatic heterocycles. The molecule has 1 nitrogen and oxygen atoms in total. The largest absolute Gasteiger partial charge is 2.00 e. The summed E-state index contributed by atoms with van der Waals surface area (Å²) >= 11 is 0. The second-order valence-corrected chi connectivity index (χ2v) is 0.408. The summed E-state index contributed by atoms with van der Waals surface area (Å²) in [5.74, 6) is 0. The minimum atomic E-state index is 0. The third-order valence-electron chi connectivity index (χ3n) is 0.144. The molecule has 0 radical (unpaired) electrons. The zero-order valence-corrected chi connectivity index (χ0v) is 23.3. The van der Waals surface area contributed by atoms with E-state index in [2.05, 4.69) is 31.9 Å². The van der Waals surface area contributed by atoms with Crippen LogP contribution in [0.1, 0.15) is 0 Å². The van der Waals surface area contributed by atoms with Gasteiger partial charge in [0.2, 0.25) is 0 Å². The molecule has 0 bridgehead atoms. The molecule has 0 spiro atoms. The van der Waals surface area contributed by atoms with Crippen LogP contribution in [0.5, 0.6) is 0 Å². The molecule has 0 aliphatic carbocycles. The quantitative estimate of drug-likeness (QED) is 0.365. The predicted octanol–water partition coefficient (Wildman–Crippen LogP) is 1.68. The first-order valence-electron chi connectivity index (χ1n) is 1.49. The first kappa shape index (κ1) is 57.1. The summed E-state index contributed by atoms with van der Waals surface area (Å²) in [6.07, 6.45) is 0. The molecule has 0 aromatic rings. The maximum Gasteiger partial charge on any atom is 2.00 e. The summed E-state index contributed by atoms with van der Waals surface area (Å²) < 4.78 is 4.18. The van der Waals surface area contributed by atoms with Crippen LogP contribution in [0.15, 0.2) is 6.58 Å². The number of hydrogen-bond donors (Lipinski definition) is 0. The molecule has 0 fully saturated rings. The first-order chi connectivity index (χ1) is 2.91. The standard InChI is InChI=1S/C3H6O.C2H3.CH3.Rf.U.2W/c1-3-4-2;1-2;;;;;/h1-3H2;1H,2H2;1H3;;;;/q-2;2*-1;;+2;;+2. The first-order valence-corrected chi connectivity index (χ1v) is 1.49. The summed E-state index contributed by atoms with van der Waals surface area (Å²) in [6.45, 7) is 10.8. The van der Waals surface area contributed by atoms with Gasteiger partial charge in [-0.15, -0.1) is 6.61 Å². The van der Waals surface area contributed by atoms with Gasteiger partial charge in [0.05, 0.1) is 0 Å². The van der Waals surface area contributed by atoms with Crippen molar-refractivity contribution in [2.45, 2.75) is 0 Å². The van der Waals surface area contributed by atoms with E-state index in [9.17, 15) is 0 Å². The Balaban J connectivity index is -0.00000000432. The second-order valence-electron chi connectivity index (χ2n) is 0.408. The third kappa shape index (κ3) is 205. The molecule has 11 heavy (non-hydrogen) atoms. The average Bonchev–Trinajstić information content (AvgIpc) is 1.72. The van der Waals surface area contributed by atoms with Crippen LogP contribution >= 0.6 is 0 Å². The summed E-state index contributed by atoms with van der Waals surface area (Å²) in [4.78, 5) is 0. The molecule has 0 saturated carbocycles. The van der Waals surface area contributed by atoms with Crippen molar-refractivity contribution >= 4 is 0 Å². The molecule has 0 saturated heterocycles. The van der Waals surface area contributed by atoms with Gasteiger partial charge in [-0.05, 0) is 0 Å². The zero-order chi connectivity index (χ0) is 5.41. The molecule has 60 valence electrons. The Kier molecular flexibility index (Phi) is 606. The Morgan fingerprint density at radius 2 is 1.45 bits per heavy atom. The fourth-order valence-corrected chi connectivity index (χ4v) is 0. The van der Waals surface area contributed by atoms with E-state index in [4.69, 9.17) is 0 Å². The zero-order valence-electron chi connectivity index (χ0n) is 6.84. The second kappa shape index (κ2) is 117. The summed E-state index contributed by atoms with van der Waals surface area (Å²) in [6, 6.07) is 0. The van der Waals surface area contributed by atoms with Crippen LogP contribution in [-0.2, 0) is 46.9 Å². The van der Waals surface area contributed by atoms with E-state index in [1.54, 1.807) is 0 Å². The Hall–Kier alpha value is 1.13. The normalized spacial score (nSPS) is 3.09. The van der Waals surface area contributed by atoms with Crippen molar-refractivity contribution in [1.29, 1.82) is 0 Å². The van der Waals surface area contributed by atoms with Crippen LogP contribution in [0.4, 0.5) is 0 Å².